The van der Waals surface area contributed by atoms with E-state index in [4.69, 9.17) is 28.8 Å². The maximum absolute atomic E-state index is 13.7. The van der Waals surface area contributed by atoms with Crippen LogP contribution in [0.15, 0.2) is 77.4 Å². The molecule has 2 unspecified atom stereocenters. The second-order valence-corrected chi connectivity index (χ2v) is 10.0. The van der Waals surface area contributed by atoms with Gasteiger partial charge >= 0.3 is 5.97 Å². The van der Waals surface area contributed by atoms with Crippen molar-refractivity contribution in [1.82, 2.24) is 5.01 Å². The van der Waals surface area contributed by atoms with Gasteiger partial charge in [0.05, 0.1) is 40.2 Å². The number of allylic oxidation sites excluding steroid dienone is 1. The molecule has 42 heavy (non-hydrogen) atoms. The molecular weight excluding hydrogens is 536 g/mol. The van der Waals surface area contributed by atoms with Crippen LogP contribution in [0.3, 0.4) is 0 Å². The number of nitrogens with zero attached hydrogens (tertiary/aromatic N) is 2. The normalized spacial score (nSPS) is 18.6. The van der Waals surface area contributed by atoms with E-state index in [1.165, 1.54) is 19.2 Å². The number of ether oxygens (including phenoxy) is 5. The molecule has 1 aliphatic heterocycles. The summed E-state index contributed by atoms with van der Waals surface area (Å²) >= 11 is 0. The third kappa shape index (κ3) is 5.95. The van der Waals surface area contributed by atoms with Crippen LogP contribution in [0.2, 0.25) is 0 Å². The van der Waals surface area contributed by atoms with Gasteiger partial charge in [-0.25, -0.2) is 9.80 Å². The summed E-state index contributed by atoms with van der Waals surface area (Å²) in [7, 11) is 6.24. The standard InChI is InChI=1S/C33H34N2O7/c1-38-24-12-8-21(9-13-24)18-23-6-5-7-28-31(23)34-35(32(28)22-10-14-25(39-2)15-11-22)30(36)20-42-33(37)27-17-16-26(40-3)19-29(27)41-4/h8-19,28,32H,5-7,20H2,1-4H3. The maximum atomic E-state index is 13.7. The van der Waals surface area contributed by atoms with Crippen LogP contribution >= 0.6 is 0 Å². The van der Waals surface area contributed by atoms with Gasteiger partial charge < -0.3 is 23.7 Å². The molecule has 2 atom stereocenters. The highest BCUT2D eigenvalue weighted by atomic mass is 16.5. The van der Waals surface area contributed by atoms with E-state index in [9.17, 15) is 9.59 Å². The molecule has 1 aliphatic carbocycles. The Balaban J connectivity index is 1.42. The molecule has 0 aromatic heterocycles. The molecule has 1 amide bonds. The largest absolute Gasteiger partial charge is 0.497 e. The molecule has 2 aliphatic rings. The summed E-state index contributed by atoms with van der Waals surface area (Å²) in [6.07, 6.45) is 4.82. The maximum Gasteiger partial charge on any atom is 0.342 e. The van der Waals surface area contributed by atoms with Crippen LogP contribution in [0.25, 0.3) is 6.08 Å². The molecule has 0 N–H and O–H groups in total. The first-order valence-electron chi connectivity index (χ1n) is 13.7. The number of carbonyl (C=O) groups is 2. The zero-order valence-corrected chi connectivity index (χ0v) is 24.2. The summed E-state index contributed by atoms with van der Waals surface area (Å²) in [6.45, 7) is -0.471. The summed E-state index contributed by atoms with van der Waals surface area (Å²) in [4.78, 5) is 26.6. The number of hydrogen-bond acceptors (Lipinski definition) is 8. The molecule has 0 spiro atoms. The molecule has 0 saturated heterocycles. The minimum Gasteiger partial charge on any atom is -0.497 e. The van der Waals surface area contributed by atoms with Crippen LogP contribution in [0.5, 0.6) is 23.0 Å². The SMILES string of the molecule is COc1ccc(C=C2CCCC3C2=NN(C(=O)COC(=O)c2ccc(OC)cc2OC)C3c2ccc(OC)cc2)cc1. The predicted molar refractivity (Wildman–Crippen MR) is 158 cm³/mol. The van der Waals surface area contributed by atoms with Gasteiger partial charge in [-0.15, -0.1) is 0 Å². The van der Waals surface area contributed by atoms with Crippen LogP contribution in [-0.4, -0.2) is 57.6 Å². The number of amides is 1. The smallest absolute Gasteiger partial charge is 0.342 e. The fourth-order valence-corrected chi connectivity index (χ4v) is 5.48. The molecule has 5 rings (SSSR count). The Morgan fingerprint density at radius 2 is 1.50 bits per heavy atom. The first-order valence-corrected chi connectivity index (χ1v) is 13.7. The van der Waals surface area contributed by atoms with E-state index in [0.29, 0.717) is 11.5 Å². The summed E-state index contributed by atoms with van der Waals surface area (Å²) in [5.41, 5.74) is 4.13. The van der Waals surface area contributed by atoms with Crippen molar-refractivity contribution in [3.8, 4) is 23.0 Å². The second kappa shape index (κ2) is 12.8. The lowest BCUT2D eigenvalue weighted by atomic mass is 9.77. The van der Waals surface area contributed by atoms with Gasteiger partial charge in [-0.05, 0) is 78.4 Å². The average Bonchev–Trinajstić information content (AvgIpc) is 3.44. The van der Waals surface area contributed by atoms with E-state index in [2.05, 4.69) is 6.08 Å². The van der Waals surface area contributed by atoms with Gasteiger partial charge in [0, 0.05) is 12.0 Å². The van der Waals surface area contributed by atoms with E-state index in [-0.39, 0.29) is 17.5 Å². The highest BCUT2D eigenvalue weighted by molar-refractivity contribution is 6.08. The van der Waals surface area contributed by atoms with E-state index in [1.807, 2.05) is 48.5 Å². The zero-order chi connectivity index (χ0) is 29.6. The summed E-state index contributed by atoms with van der Waals surface area (Å²) in [6, 6.07) is 19.9. The number of hydrogen-bond donors (Lipinski definition) is 0. The Kier molecular flexibility index (Phi) is 8.76. The number of benzene rings is 3. The summed E-state index contributed by atoms with van der Waals surface area (Å²) in [5.74, 6) is 1.25. The van der Waals surface area contributed by atoms with Gasteiger partial charge in [0.25, 0.3) is 5.91 Å². The molecule has 1 saturated carbocycles. The molecule has 0 bridgehead atoms. The monoisotopic (exact) mass is 570 g/mol. The van der Waals surface area contributed by atoms with E-state index >= 15 is 0 Å². The first-order chi connectivity index (χ1) is 20.4. The number of hydrazone groups is 1. The van der Waals surface area contributed by atoms with Crippen molar-refractivity contribution in [2.75, 3.05) is 35.0 Å². The quantitative estimate of drug-likeness (QED) is 0.305. The highest BCUT2D eigenvalue weighted by Gasteiger charge is 2.44. The number of methoxy groups -OCH3 is 4. The Hall–Kier alpha value is -4.79. The fourth-order valence-electron chi connectivity index (χ4n) is 5.48. The molecule has 1 heterocycles. The van der Waals surface area contributed by atoms with Gasteiger partial charge in [-0.2, -0.15) is 5.10 Å². The summed E-state index contributed by atoms with van der Waals surface area (Å²) in [5, 5.41) is 6.35. The first kappa shape index (κ1) is 28.7. The summed E-state index contributed by atoms with van der Waals surface area (Å²) < 4.78 is 26.6. The molecule has 218 valence electrons. The topological polar surface area (TPSA) is 95.9 Å². The molecule has 3 aromatic rings. The minimum absolute atomic E-state index is 0.00187. The van der Waals surface area contributed by atoms with Gasteiger partial charge in [0.1, 0.15) is 28.6 Å². The molecule has 3 aromatic carbocycles. The minimum atomic E-state index is -0.673. The molecule has 1 fully saturated rings. The van der Waals surface area contributed by atoms with Crippen molar-refractivity contribution in [3.63, 3.8) is 0 Å². The van der Waals surface area contributed by atoms with Crippen molar-refractivity contribution < 1.29 is 33.3 Å². The lowest BCUT2D eigenvalue weighted by Crippen LogP contribution is -2.34. The van der Waals surface area contributed by atoms with Crippen LogP contribution in [-0.2, 0) is 9.53 Å². The van der Waals surface area contributed by atoms with E-state index in [0.717, 1.165) is 53.2 Å². The van der Waals surface area contributed by atoms with Crippen LogP contribution in [0, 0.1) is 5.92 Å². The second-order valence-electron chi connectivity index (χ2n) is 10.0. The van der Waals surface area contributed by atoms with Gasteiger partial charge in [-0.3, -0.25) is 4.79 Å². The van der Waals surface area contributed by atoms with Crippen LogP contribution < -0.4 is 18.9 Å². The number of rotatable bonds is 9. The van der Waals surface area contributed by atoms with Crippen molar-refractivity contribution in [2.45, 2.75) is 25.3 Å². The van der Waals surface area contributed by atoms with Crippen LogP contribution in [0.1, 0.15) is 46.8 Å². The zero-order valence-electron chi connectivity index (χ0n) is 24.2. The Labute approximate surface area is 245 Å². The van der Waals surface area contributed by atoms with Crippen molar-refractivity contribution in [3.05, 3.63) is 89.0 Å². The Morgan fingerprint density at radius 1 is 0.857 bits per heavy atom. The van der Waals surface area contributed by atoms with Crippen molar-refractivity contribution >= 4 is 23.7 Å². The predicted octanol–water partition coefficient (Wildman–Crippen LogP) is 5.70. The Morgan fingerprint density at radius 3 is 2.14 bits per heavy atom. The fraction of sp³-hybridized carbons (Fsp3) is 0.303. The number of esters is 1. The molecular formula is C33H34N2O7. The third-order valence-electron chi connectivity index (χ3n) is 7.63. The molecule has 9 heteroatoms. The molecule has 0 radical (unpaired) electrons. The highest BCUT2D eigenvalue weighted by Crippen LogP contribution is 2.44. The Bertz CT molecular complexity index is 1500. The number of fused-ring (bicyclic) bond motifs is 1. The van der Waals surface area contributed by atoms with Gasteiger partial charge in [0.15, 0.2) is 6.61 Å². The van der Waals surface area contributed by atoms with Gasteiger partial charge in [0.2, 0.25) is 0 Å². The average molecular weight is 571 g/mol. The lowest BCUT2D eigenvalue weighted by molar-refractivity contribution is -0.137. The van der Waals surface area contributed by atoms with Crippen molar-refractivity contribution in [1.29, 1.82) is 0 Å². The lowest BCUT2D eigenvalue weighted by Gasteiger charge is -2.29. The third-order valence-corrected chi connectivity index (χ3v) is 7.63. The van der Waals surface area contributed by atoms with E-state index in [1.54, 1.807) is 32.4 Å². The number of carbonyl (C=O) groups excluding carboxylic acids is 2. The molecule has 9 nitrogen and oxygen atoms in total. The van der Waals surface area contributed by atoms with Crippen LogP contribution in [0.4, 0.5) is 0 Å². The van der Waals surface area contributed by atoms with Gasteiger partial charge in [-0.1, -0.05) is 24.3 Å². The van der Waals surface area contributed by atoms with E-state index < -0.39 is 18.5 Å². The van der Waals surface area contributed by atoms with Crippen molar-refractivity contribution in [2.24, 2.45) is 11.0 Å².